The predicted molar refractivity (Wildman–Crippen MR) is 50.8 cm³/mol. The molecule has 0 fully saturated rings. The maximum absolute atomic E-state index is 4.35. The summed E-state index contributed by atoms with van der Waals surface area (Å²) in [5, 5.41) is 0. The quantitative estimate of drug-likeness (QED) is 0.625. The van der Waals surface area contributed by atoms with Crippen LogP contribution < -0.4 is 0 Å². The number of aromatic nitrogens is 1. The molecule has 1 heterocycles. The molecular formula is C8H6NS2. The van der Waals surface area contributed by atoms with Crippen molar-refractivity contribution < 1.29 is 0 Å². The number of para-hydroxylation sites is 1. The second-order valence-corrected chi connectivity index (χ2v) is 4.06. The number of thioether (sulfide) groups is 1. The SMILES string of the molecule is [CH2]Sc1nc2ccccc2s1. The molecule has 2 rings (SSSR count). The van der Waals surface area contributed by atoms with Crippen LogP contribution in [0, 0.1) is 6.26 Å². The van der Waals surface area contributed by atoms with Crippen LogP contribution in [0.2, 0.25) is 0 Å². The van der Waals surface area contributed by atoms with Crippen molar-refractivity contribution in [3.05, 3.63) is 30.5 Å². The molecule has 3 heteroatoms. The Kier molecular flexibility index (Phi) is 1.84. The summed E-state index contributed by atoms with van der Waals surface area (Å²) in [7, 11) is 0. The Hall–Kier alpha value is -0.540. The lowest BCUT2D eigenvalue weighted by Crippen LogP contribution is -1.64. The third-order valence-corrected chi connectivity index (χ3v) is 3.17. The first-order valence-electron chi connectivity index (χ1n) is 3.18. The van der Waals surface area contributed by atoms with Crippen molar-refractivity contribution in [3.63, 3.8) is 0 Å². The Morgan fingerprint density at radius 3 is 2.91 bits per heavy atom. The summed E-state index contributed by atoms with van der Waals surface area (Å²) >= 11 is 3.14. The topological polar surface area (TPSA) is 12.9 Å². The predicted octanol–water partition coefficient (Wildman–Crippen LogP) is 3.18. The molecule has 0 saturated heterocycles. The molecule has 0 aliphatic heterocycles. The summed E-state index contributed by atoms with van der Waals surface area (Å²) in [5.74, 6) is 0. The third-order valence-electron chi connectivity index (χ3n) is 1.40. The van der Waals surface area contributed by atoms with E-state index >= 15 is 0 Å². The second kappa shape index (κ2) is 2.83. The first-order valence-corrected chi connectivity index (χ1v) is 4.98. The average Bonchev–Trinajstić information content (AvgIpc) is 2.46. The zero-order chi connectivity index (χ0) is 7.68. The zero-order valence-corrected chi connectivity index (χ0v) is 7.41. The molecule has 0 spiro atoms. The number of hydrogen-bond donors (Lipinski definition) is 0. The molecule has 55 valence electrons. The van der Waals surface area contributed by atoms with Crippen molar-refractivity contribution in [2.24, 2.45) is 0 Å². The zero-order valence-electron chi connectivity index (χ0n) is 5.78. The molecule has 0 atom stereocenters. The number of hydrogen-bond acceptors (Lipinski definition) is 3. The summed E-state index contributed by atoms with van der Waals surface area (Å²) in [5.41, 5.74) is 1.07. The molecule has 1 aromatic heterocycles. The molecular weight excluding hydrogens is 174 g/mol. The van der Waals surface area contributed by atoms with Gasteiger partial charge in [0.05, 0.1) is 10.2 Å². The highest BCUT2D eigenvalue weighted by Gasteiger charge is 1.99. The lowest BCUT2D eigenvalue weighted by molar-refractivity contribution is 1.31. The number of thiazole rings is 1. The molecule has 0 bridgehead atoms. The second-order valence-electron chi connectivity index (χ2n) is 2.09. The van der Waals surface area contributed by atoms with Gasteiger partial charge in [-0.2, -0.15) is 0 Å². The summed E-state index contributed by atoms with van der Waals surface area (Å²) < 4.78 is 2.27. The fraction of sp³-hybridized carbons (Fsp3) is 0. The molecule has 0 aliphatic carbocycles. The van der Waals surface area contributed by atoms with Crippen LogP contribution >= 0.6 is 23.1 Å². The minimum Gasteiger partial charge on any atom is -0.230 e. The summed E-state index contributed by atoms with van der Waals surface area (Å²) in [6, 6.07) is 8.12. The van der Waals surface area contributed by atoms with Crippen LogP contribution in [0.15, 0.2) is 28.6 Å². The van der Waals surface area contributed by atoms with Crippen molar-refractivity contribution >= 4 is 33.3 Å². The molecule has 0 N–H and O–H groups in total. The monoisotopic (exact) mass is 180 g/mol. The highest BCUT2D eigenvalue weighted by molar-refractivity contribution is 8.02. The van der Waals surface area contributed by atoms with E-state index in [1.807, 2.05) is 18.2 Å². The highest BCUT2D eigenvalue weighted by Crippen LogP contribution is 2.27. The minimum absolute atomic E-state index is 1.03. The fourth-order valence-corrected chi connectivity index (χ4v) is 2.28. The molecule has 0 saturated carbocycles. The third kappa shape index (κ3) is 1.26. The van der Waals surface area contributed by atoms with E-state index in [1.165, 1.54) is 16.5 Å². The molecule has 1 nitrogen and oxygen atoms in total. The normalized spacial score (nSPS) is 10.6. The van der Waals surface area contributed by atoms with Gasteiger partial charge in [-0.15, -0.1) is 11.3 Å². The molecule has 0 unspecified atom stereocenters. The molecule has 1 radical (unpaired) electrons. The number of nitrogens with zero attached hydrogens (tertiary/aromatic N) is 1. The van der Waals surface area contributed by atoms with Crippen LogP contribution in [-0.2, 0) is 0 Å². The smallest absolute Gasteiger partial charge is 0.151 e. The number of fused-ring (bicyclic) bond motifs is 1. The van der Waals surface area contributed by atoms with Gasteiger partial charge in [-0.25, -0.2) is 4.98 Å². The lowest BCUT2D eigenvalue weighted by Gasteiger charge is -1.80. The Morgan fingerprint density at radius 2 is 2.18 bits per heavy atom. The molecule has 1 aromatic carbocycles. The maximum atomic E-state index is 4.35. The van der Waals surface area contributed by atoms with Crippen molar-refractivity contribution in [3.8, 4) is 0 Å². The first-order chi connectivity index (χ1) is 5.40. The van der Waals surface area contributed by atoms with Crippen molar-refractivity contribution in [2.45, 2.75) is 4.34 Å². The van der Waals surface area contributed by atoms with Gasteiger partial charge in [0.1, 0.15) is 0 Å². The number of benzene rings is 1. The highest BCUT2D eigenvalue weighted by atomic mass is 32.2. The van der Waals surface area contributed by atoms with Crippen molar-refractivity contribution in [2.75, 3.05) is 0 Å². The van der Waals surface area contributed by atoms with Gasteiger partial charge in [-0.1, -0.05) is 23.9 Å². The van der Waals surface area contributed by atoms with E-state index in [4.69, 9.17) is 0 Å². The van der Waals surface area contributed by atoms with Gasteiger partial charge >= 0.3 is 0 Å². The lowest BCUT2D eigenvalue weighted by atomic mass is 10.3. The van der Waals surface area contributed by atoms with Gasteiger partial charge in [0, 0.05) is 6.26 Å². The van der Waals surface area contributed by atoms with E-state index in [0.717, 1.165) is 9.86 Å². The Bertz CT molecular complexity index is 334. The Morgan fingerprint density at radius 1 is 1.36 bits per heavy atom. The van der Waals surface area contributed by atoms with Crippen LogP contribution in [0.1, 0.15) is 0 Å². The molecule has 11 heavy (non-hydrogen) atoms. The fourth-order valence-electron chi connectivity index (χ4n) is 0.913. The van der Waals surface area contributed by atoms with E-state index in [2.05, 4.69) is 17.3 Å². The van der Waals surface area contributed by atoms with Gasteiger partial charge in [-0.05, 0) is 12.1 Å². The molecule has 0 amide bonds. The van der Waals surface area contributed by atoms with Gasteiger partial charge in [0.2, 0.25) is 0 Å². The van der Waals surface area contributed by atoms with E-state index in [1.54, 1.807) is 11.3 Å². The van der Waals surface area contributed by atoms with E-state index in [9.17, 15) is 0 Å². The summed E-state index contributed by atoms with van der Waals surface area (Å²) in [6.07, 6.45) is 3.72. The van der Waals surface area contributed by atoms with Crippen molar-refractivity contribution in [1.82, 2.24) is 4.98 Å². The summed E-state index contributed by atoms with van der Waals surface area (Å²) in [4.78, 5) is 4.35. The van der Waals surface area contributed by atoms with Crippen LogP contribution in [0.25, 0.3) is 10.2 Å². The summed E-state index contributed by atoms with van der Waals surface area (Å²) in [6.45, 7) is 0. The van der Waals surface area contributed by atoms with Gasteiger partial charge in [0.15, 0.2) is 4.34 Å². The largest absolute Gasteiger partial charge is 0.230 e. The van der Waals surface area contributed by atoms with Gasteiger partial charge < -0.3 is 0 Å². The molecule has 0 aliphatic rings. The number of rotatable bonds is 1. The first kappa shape index (κ1) is 7.13. The average molecular weight is 180 g/mol. The van der Waals surface area contributed by atoms with Crippen molar-refractivity contribution in [1.29, 1.82) is 0 Å². The Labute approximate surface area is 73.5 Å². The Balaban J connectivity index is 2.69. The van der Waals surface area contributed by atoms with E-state index in [-0.39, 0.29) is 0 Å². The standard InChI is InChI=1S/C8H6NS2/c1-10-8-9-6-4-2-3-5-7(6)11-8/h2-5H,1H2. The van der Waals surface area contributed by atoms with Gasteiger partial charge in [-0.3, -0.25) is 0 Å². The van der Waals surface area contributed by atoms with Crippen LogP contribution in [0.5, 0.6) is 0 Å². The van der Waals surface area contributed by atoms with Crippen LogP contribution in [0.3, 0.4) is 0 Å². The van der Waals surface area contributed by atoms with E-state index < -0.39 is 0 Å². The molecule has 2 aromatic rings. The van der Waals surface area contributed by atoms with E-state index in [0.29, 0.717) is 0 Å². The van der Waals surface area contributed by atoms with Crippen LogP contribution in [0.4, 0.5) is 0 Å². The maximum Gasteiger partial charge on any atom is 0.151 e. The minimum atomic E-state index is 1.03. The van der Waals surface area contributed by atoms with Crippen LogP contribution in [-0.4, -0.2) is 4.98 Å². The van der Waals surface area contributed by atoms with Gasteiger partial charge in [0.25, 0.3) is 0 Å².